The number of hydrogen-bond donors (Lipinski definition) is 2. The maximum Gasteiger partial charge on any atom is 0.341 e. The number of carbonyl (C=O) groups is 2. The predicted octanol–water partition coefficient (Wildman–Crippen LogP) is 6.57. The van der Waals surface area contributed by atoms with Crippen LogP contribution in [0, 0.1) is 11.6 Å². The van der Waals surface area contributed by atoms with E-state index in [0.717, 1.165) is 0 Å². The van der Waals surface area contributed by atoms with Crippen molar-refractivity contribution in [3.05, 3.63) is 119 Å². The fourth-order valence-electron chi connectivity index (χ4n) is 3.70. The van der Waals surface area contributed by atoms with Gasteiger partial charge < -0.3 is 24.8 Å². The zero-order valence-electron chi connectivity index (χ0n) is 20.5. The Hall–Kier alpha value is -4.92. The molecule has 0 unspecified atom stereocenters. The minimum absolute atomic E-state index is 0.0425. The molecule has 2 amide bonds. The number of halogens is 2. The van der Waals surface area contributed by atoms with Crippen LogP contribution in [0.5, 0.6) is 11.5 Å². The van der Waals surface area contributed by atoms with Crippen molar-refractivity contribution in [2.24, 2.45) is 0 Å². The lowest BCUT2D eigenvalue weighted by atomic mass is 10.0. The summed E-state index contributed by atoms with van der Waals surface area (Å²) in [5, 5.41) is 5.35. The van der Waals surface area contributed by atoms with Crippen LogP contribution in [-0.2, 0) is 4.74 Å². The summed E-state index contributed by atoms with van der Waals surface area (Å²) in [6.45, 7) is 0. The van der Waals surface area contributed by atoms with Gasteiger partial charge in [-0.25, -0.2) is 18.4 Å². The predicted molar refractivity (Wildman–Crippen MR) is 139 cm³/mol. The van der Waals surface area contributed by atoms with Gasteiger partial charge in [0.25, 0.3) is 0 Å². The molecule has 0 aromatic heterocycles. The lowest BCUT2D eigenvalue weighted by molar-refractivity contribution is 0.0594. The molecule has 0 atom stereocenters. The SMILES string of the molecule is COC(=O)c1cc(NC(=O)Nc2cccc(OC)c2)ccc1OC(c1ccc(F)cc1)c1ccc(F)cc1. The Morgan fingerprint density at radius 1 is 0.737 bits per heavy atom. The molecule has 0 aliphatic heterocycles. The normalized spacial score (nSPS) is 10.6. The van der Waals surface area contributed by atoms with Gasteiger partial charge in [0, 0.05) is 17.4 Å². The lowest BCUT2D eigenvalue weighted by Crippen LogP contribution is -2.20. The number of hydrogen-bond acceptors (Lipinski definition) is 5. The van der Waals surface area contributed by atoms with Gasteiger partial charge >= 0.3 is 12.0 Å². The molecule has 4 aromatic rings. The number of methoxy groups -OCH3 is 2. The van der Waals surface area contributed by atoms with E-state index >= 15 is 0 Å². The Labute approximate surface area is 218 Å². The molecule has 194 valence electrons. The highest BCUT2D eigenvalue weighted by Crippen LogP contribution is 2.33. The molecule has 0 fully saturated rings. The van der Waals surface area contributed by atoms with Crippen molar-refractivity contribution in [3.63, 3.8) is 0 Å². The van der Waals surface area contributed by atoms with Crippen LogP contribution in [0.3, 0.4) is 0 Å². The van der Waals surface area contributed by atoms with E-state index in [0.29, 0.717) is 28.3 Å². The molecule has 0 radical (unpaired) electrons. The van der Waals surface area contributed by atoms with Gasteiger partial charge in [-0.1, -0.05) is 30.3 Å². The number of amides is 2. The number of anilines is 2. The van der Waals surface area contributed by atoms with Gasteiger partial charge in [-0.2, -0.15) is 0 Å². The van der Waals surface area contributed by atoms with E-state index in [-0.39, 0.29) is 11.3 Å². The third-order valence-electron chi connectivity index (χ3n) is 5.56. The van der Waals surface area contributed by atoms with E-state index in [9.17, 15) is 18.4 Å². The standard InChI is InChI=1S/C29H24F2N2O5/c1-36-24-5-3-4-22(16-24)32-29(35)33-23-14-15-26(25(17-23)28(34)37-2)38-27(18-6-10-20(30)11-7-18)19-8-12-21(31)13-9-19/h3-17,27H,1-2H3,(H2,32,33,35). The molecule has 4 aromatic carbocycles. The molecule has 0 saturated heterocycles. The van der Waals surface area contributed by atoms with Crippen molar-refractivity contribution in [2.45, 2.75) is 6.10 Å². The highest BCUT2D eigenvalue weighted by atomic mass is 19.1. The van der Waals surface area contributed by atoms with E-state index in [4.69, 9.17) is 14.2 Å². The number of esters is 1. The van der Waals surface area contributed by atoms with Crippen molar-refractivity contribution < 1.29 is 32.6 Å². The van der Waals surface area contributed by atoms with E-state index in [1.807, 2.05) is 0 Å². The smallest absolute Gasteiger partial charge is 0.341 e. The summed E-state index contributed by atoms with van der Waals surface area (Å²) in [7, 11) is 2.74. The summed E-state index contributed by atoms with van der Waals surface area (Å²) in [5.41, 5.74) is 2.01. The number of ether oxygens (including phenoxy) is 3. The van der Waals surface area contributed by atoms with Crippen molar-refractivity contribution in [1.29, 1.82) is 0 Å². The number of rotatable bonds is 8. The molecule has 7 nitrogen and oxygen atoms in total. The molecule has 0 aliphatic carbocycles. The first-order valence-electron chi connectivity index (χ1n) is 11.5. The van der Waals surface area contributed by atoms with Crippen LogP contribution in [0.2, 0.25) is 0 Å². The topological polar surface area (TPSA) is 85.9 Å². The molecular weight excluding hydrogens is 494 g/mol. The van der Waals surface area contributed by atoms with Crippen LogP contribution in [-0.4, -0.2) is 26.2 Å². The maximum absolute atomic E-state index is 13.6. The number of nitrogens with one attached hydrogen (secondary N) is 2. The van der Waals surface area contributed by atoms with Gasteiger partial charge in [0.15, 0.2) is 0 Å². The average Bonchev–Trinajstić information content (AvgIpc) is 2.93. The number of carbonyl (C=O) groups excluding carboxylic acids is 2. The van der Waals surface area contributed by atoms with E-state index in [1.54, 1.807) is 54.6 Å². The molecule has 38 heavy (non-hydrogen) atoms. The summed E-state index contributed by atoms with van der Waals surface area (Å²) in [4.78, 5) is 25.2. The zero-order valence-corrected chi connectivity index (χ0v) is 20.5. The van der Waals surface area contributed by atoms with Crippen molar-refractivity contribution in [2.75, 3.05) is 24.9 Å². The Morgan fingerprint density at radius 3 is 1.87 bits per heavy atom. The van der Waals surface area contributed by atoms with Gasteiger partial charge in [-0.05, 0) is 65.7 Å². The Kier molecular flexibility index (Phi) is 8.17. The average molecular weight is 519 g/mol. The highest BCUT2D eigenvalue weighted by molar-refractivity contribution is 6.01. The molecule has 0 spiro atoms. The molecule has 9 heteroatoms. The monoisotopic (exact) mass is 518 g/mol. The number of urea groups is 1. The Bertz CT molecular complexity index is 1380. The summed E-state index contributed by atoms with van der Waals surface area (Å²) in [6.07, 6.45) is -0.797. The van der Waals surface area contributed by atoms with E-state index < -0.39 is 29.7 Å². The van der Waals surface area contributed by atoms with Crippen LogP contribution in [0.4, 0.5) is 25.0 Å². The van der Waals surface area contributed by atoms with Crippen LogP contribution < -0.4 is 20.1 Å². The first-order valence-corrected chi connectivity index (χ1v) is 11.5. The molecule has 0 bridgehead atoms. The lowest BCUT2D eigenvalue weighted by Gasteiger charge is -2.22. The summed E-state index contributed by atoms with van der Waals surface area (Å²) in [6, 6.07) is 22.1. The molecule has 4 rings (SSSR count). The van der Waals surface area contributed by atoms with Crippen molar-refractivity contribution >= 4 is 23.4 Å². The fraction of sp³-hybridized carbons (Fsp3) is 0.103. The largest absolute Gasteiger partial charge is 0.497 e. The Balaban J connectivity index is 1.61. The molecule has 0 aliphatic rings. The third kappa shape index (κ3) is 6.44. The minimum atomic E-state index is -0.797. The molecular formula is C29H24F2N2O5. The van der Waals surface area contributed by atoms with Crippen molar-refractivity contribution in [1.82, 2.24) is 0 Å². The van der Waals surface area contributed by atoms with Gasteiger partial charge in [-0.3, -0.25) is 0 Å². The first-order chi connectivity index (χ1) is 18.4. The first kappa shape index (κ1) is 26.2. The molecule has 0 heterocycles. The van der Waals surface area contributed by atoms with Gasteiger partial charge in [-0.15, -0.1) is 0 Å². The second-order valence-corrected chi connectivity index (χ2v) is 8.11. The second-order valence-electron chi connectivity index (χ2n) is 8.11. The van der Waals surface area contributed by atoms with Crippen molar-refractivity contribution in [3.8, 4) is 11.5 Å². The van der Waals surface area contributed by atoms with Crippen LogP contribution in [0.15, 0.2) is 91.0 Å². The number of benzene rings is 4. The maximum atomic E-state index is 13.6. The van der Waals surface area contributed by atoms with Gasteiger partial charge in [0.2, 0.25) is 0 Å². The summed E-state index contributed by atoms with van der Waals surface area (Å²) >= 11 is 0. The molecule has 0 saturated carbocycles. The highest BCUT2D eigenvalue weighted by Gasteiger charge is 2.22. The Morgan fingerprint density at radius 2 is 1.32 bits per heavy atom. The van der Waals surface area contributed by atoms with E-state index in [1.165, 1.54) is 50.6 Å². The fourth-order valence-corrected chi connectivity index (χ4v) is 3.70. The second kappa shape index (κ2) is 11.9. The van der Waals surface area contributed by atoms with Gasteiger partial charge in [0.1, 0.15) is 34.8 Å². The van der Waals surface area contributed by atoms with Gasteiger partial charge in [0.05, 0.1) is 14.2 Å². The summed E-state index contributed by atoms with van der Waals surface area (Å²) < 4.78 is 43.4. The minimum Gasteiger partial charge on any atom is -0.497 e. The van der Waals surface area contributed by atoms with E-state index in [2.05, 4.69) is 10.6 Å². The molecule has 2 N–H and O–H groups in total. The van der Waals surface area contributed by atoms with Crippen LogP contribution in [0.25, 0.3) is 0 Å². The third-order valence-corrected chi connectivity index (χ3v) is 5.56. The van der Waals surface area contributed by atoms with Crippen LogP contribution in [0.1, 0.15) is 27.6 Å². The van der Waals surface area contributed by atoms with Crippen LogP contribution >= 0.6 is 0 Å². The summed E-state index contributed by atoms with van der Waals surface area (Å²) in [5.74, 6) is -0.828. The quantitative estimate of drug-likeness (QED) is 0.258. The zero-order chi connectivity index (χ0) is 27.1.